The molecule has 12 heavy (non-hydrogen) atoms. The Hall–Kier alpha value is -0.890. The van der Waals surface area contributed by atoms with E-state index in [0.29, 0.717) is 12.0 Å². The molecular weight excluding hydrogens is 148 g/mol. The molecule has 1 aliphatic carbocycles. The summed E-state index contributed by atoms with van der Waals surface area (Å²) in [5.41, 5.74) is 8.21. The molecule has 0 spiro atoms. The number of rotatable bonds is 2. The molecule has 0 radical (unpaired) electrons. The zero-order chi connectivity index (χ0) is 8.55. The van der Waals surface area contributed by atoms with E-state index in [9.17, 15) is 0 Å². The topological polar surface area (TPSA) is 38.9 Å². The first-order valence-corrected chi connectivity index (χ1v) is 4.51. The minimum Gasteiger partial charge on any atom is -0.327 e. The maximum absolute atomic E-state index is 5.74. The second-order valence-corrected chi connectivity index (χ2v) is 3.44. The third-order valence-corrected chi connectivity index (χ3v) is 2.48. The summed E-state index contributed by atoms with van der Waals surface area (Å²) in [4.78, 5) is 4.34. The zero-order valence-corrected chi connectivity index (χ0v) is 7.33. The predicted octanol–water partition coefficient (Wildman–Crippen LogP) is 1.46. The highest BCUT2D eigenvalue weighted by atomic mass is 14.8. The normalized spacial score (nSPS) is 27.2. The van der Waals surface area contributed by atoms with Crippen LogP contribution >= 0.6 is 0 Å². The van der Waals surface area contributed by atoms with E-state index in [-0.39, 0.29) is 0 Å². The second kappa shape index (κ2) is 2.87. The van der Waals surface area contributed by atoms with Gasteiger partial charge in [0.2, 0.25) is 0 Å². The molecule has 1 heterocycles. The van der Waals surface area contributed by atoms with Crippen LogP contribution in [-0.4, -0.2) is 11.0 Å². The van der Waals surface area contributed by atoms with Gasteiger partial charge in [0.25, 0.3) is 0 Å². The average Bonchev–Trinajstić information content (AvgIpc) is 2.83. The van der Waals surface area contributed by atoms with Crippen LogP contribution in [0.5, 0.6) is 0 Å². The fourth-order valence-corrected chi connectivity index (χ4v) is 1.46. The summed E-state index contributed by atoms with van der Waals surface area (Å²) in [5.74, 6) is 0.586. The van der Waals surface area contributed by atoms with Crippen LogP contribution < -0.4 is 5.73 Å². The molecule has 0 aromatic carbocycles. The monoisotopic (exact) mass is 162 g/mol. The number of hydrogen-bond donors (Lipinski definition) is 1. The minimum atomic E-state index is 0.388. The molecule has 64 valence electrons. The predicted molar refractivity (Wildman–Crippen MR) is 48.9 cm³/mol. The van der Waals surface area contributed by atoms with Gasteiger partial charge in [-0.3, -0.25) is 4.98 Å². The van der Waals surface area contributed by atoms with Crippen molar-refractivity contribution in [2.24, 2.45) is 5.73 Å². The van der Waals surface area contributed by atoms with E-state index in [1.165, 1.54) is 5.56 Å². The first-order chi connectivity index (χ1) is 5.81. The Labute approximate surface area is 72.8 Å². The molecule has 0 bridgehead atoms. The molecule has 2 rings (SSSR count). The maximum Gasteiger partial charge on any atom is 0.0401 e. The lowest BCUT2D eigenvalue weighted by Gasteiger charge is -1.99. The number of hydrogen-bond acceptors (Lipinski definition) is 2. The average molecular weight is 162 g/mol. The summed E-state index contributed by atoms with van der Waals surface area (Å²) >= 11 is 0. The quantitative estimate of drug-likeness (QED) is 0.715. The van der Waals surface area contributed by atoms with E-state index in [0.717, 1.165) is 18.5 Å². The Bertz CT molecular complexity index is 266. The lowest BCUT2D eigenvalue weighted by molar-refractivity contribution is 0.959. The van der Waals surface area contributed by atoms with Crippen LogP contribution in [-0.2, 0) is 6.42 Å². The molecule has 0 aliphatic heterocycles. The molecule has 0 saturated heterocycles. The third-order valence-electron chi connectivity index (χ3n) is 2.48. The molecular formula is C10H14N2. The third kappa shape index (κ3) is 1.34. The summed E-state index contributed by atoms with van der Waals surface area (Å²) < 4.78 is 0. The Balaban J connectivity index is 2.14. The molecule has 2 N–H and O–H groups in total. The highest BCUT2D eigenvalue weighted by molar-refractivity contribution is 5.26. The van der Waals surface area contributed by atoms with Gasteiger partial charge in [0.1, 0.15) is 0 Å². The minimum absolute atomic E-state index is 0.388. The van der Waals surface area contributed by atoms with Crippen molar-refractivity contribution in [3.63, 3.8) is 0 Å². The maximum atomic E-state index is 5.74. The molecule has 1 fully saturated rings. The first kappa shape index (κ1) is 7.74. The Morgan fingerprint density at radius 2 is 2.33 bits per heavy atom. The van der Waals surface area contributed by atoms with Gasteiger partial charge < -0.3 is 5.73 Å². The SMILES string of the molecule is CCc1ccc([C@H]2C[C@@H]2N)cn1. The fourth-order valence-electron chi connectivity index (χ4n) is 1.46. The molecule has 2 heteroatoms. The summed E-state index contributed by atoms with van der Waals surface area (Å²) in [6.07, 6.45) is 4.11. The number of pyridine rings is 1. The number of nitrogens with zero attached hydrogens (tertiary/aromatic N) is 1. The van der Waals surface area contributed by atoms with Crippen LogP contribution in [0.3, 0.4) is 0 Å². The van der Waals surface area contributed by atoms with Crippen molar-refractivity contribution in [3.05, 3.63) is 29.6 Å². The van der Waals surface area contributed by atoms with E-state index < -0.39 is 0 Å². The van der Waals surface area contributed by atoms with Gasteiger partial charge in [-0.25, -0.2) is 0 Å². The number of aromatic nitrogens is 1. The molecule has 1 aromatic rings. The Morgan fingerprint density at radius 1 is 1.58 bits per heavy atom. The van der Waals surface area contributed by atoms with Crippen LogP contribution in [0.15, 0.2) is 18.3 Å². The lowest BCUT2D eigenvalue weighted by atomic mass is 10.1. The van der Waals surface area contributed by atoms with Gasteiger partial charge in [-0.15, -0.1) is 0 Å². The van der Waals surface area contributed by atoms with E-state index in [1.54, 1.807) is 0 Å². The van der Waals surface area contributed by atoms with Gasteiger partial charge >= 0.3 is 0 Å². The van der Waals surface area contributed by atoms with Crippen molar-refractivity contribution in [3.8, 4) is 0 Å². The van der Waals surface area contributed by atoms with Crippen LogP contribution in [0.4, 0.5) is 0 Å². The summed E-state index contributed by atoms with van der Waals surface area (Å²) in [5, 5.41) is 0. The van der Waals surface area contributed by atoms with Gasteiger partial charge in [-0.1, -0.05) is 13.0 Å². The molecule has 0 unspecified atom stereocenters. The van der Waals surface area contributed by atoms with E-state index in [1.807, 2.05) is 6.20 Å². The van der Waals surface area contributed by atoms with E-state index in [4.69, 9.17) is 5.73 Å². The van der Waals surface area contributed by atoms with Gasteiger partial charge in [0, 0.05) is 23.9 Å². The highest BCUT2D eigenvalue weighted by Crippen LogP contribution is 2.38. The van der Waals surface area contributed by atoms with Crippen LogP contribution in [0.2, 0.25) is 0 Å². The highest BCUT2D eigenvalue weighted by Gasteiger charge is 2.34. The Morgan fingerprint density at radius 3 is 2.75 bits per heavy atom. The van der Waals surface area contributed by atoms with Crippen molar-refractivity contribution < 1.29 is 0 Å². The standard InChI is InChI=1S/C10H14N2/c1-2-8-4-3-7(6-12-8)9-5-10(9)11/h3-4,6,9-10H,2,5,11H2,1H3/t9-,10+/m1/s1. The number of aryl methyl sites for hydroxylation is 1. The van der Waals surface area contributed by atoms with Crippen molar-refractivity contribution in [2.45, 2.75) is 31.7 Å². The van der Waals surface area contributed by atoms with Crippen molar-refractivity contribution in [1.29, 1.82) is 0 Å². The van der Waals surface area contributed by atoms with Gasteiger partial charge in [0.15, 0.2) is 0 Å². The molecule has 2 nitrogen and oxygen atoms in total. The second-order valence-electron chi connectivity index (χ2n) is 3.44. The largest absolute Gasteiger partial charge is 0.327 e. The Kier molecular flexibility index (Phi) is 1.85. The van der Waals surface area contributed by atoms with Crippen LogP contribution in [0, 0.1) is 0 Å². The first-order valence-electron chi connectivity index (χ1n) is 4.51. The smallest absolute Gasteiger partial charge is 0.0401 e. The summed E-state index contributed by atoms with van der Waals surface area (Å²) in [6, 6.07) is 4.64. The van der Waals surface area contributed by atoms with Crippen molar-refractivity contribution in [2.75, 3.05) is 0 Å². The van der Waals surface area contributed by atoms with Gasteiger partial charge in [-0.05, 0) is 24.5 Å². The number of nitrogens with two attached hydrogens (primary N) is 1. The van der Waals surface area contributed by atoms with Gasteiger partial charge in [0.05, 0.1) is 0 Å². The van der Waals surface area contributed by atoms with Crippen LogP contribution in [0.1, 0.15) is 30.5 Å². The van der Waals surface area contributed by atoms with Crippen molar-refractivity contribution in [1.82, 2.24) is 4.98 Å². The molecule has 1 aromatic heterocycles. The molecule has 1 aliphatic rings. The zero-order valence-electron chi connectivity index (χ0n) is 7.33. The van der Waals surface area contributed by atoms with Crippen molar-refractivity contribution >= 4 is 0 Å². The van der Waals surface area contributed by atoms with Crippen LogP contribution in [0.25, 0.3) is 0 Å². The fraction of sp³-hybridized carbons (Fsp3) is 0.500. The summed E-state index contributed by atoms with van der Waals surface area (Å²) in [7, 11) is 0. The molecule has 2 atom stereocenters. The molecule has 0 amide bonds. The molecule has 1 saturated carbocycles. The summed E-state index contributed by atoms with van der Waals surface area (Å²) in [6.45, 7) is 2.12. The van der Waals surface area contributed by atoms with Gasteiger partial charge in [-0.2, -0.15) is 0 Å². The van der Waals surface area contributed by atoms with E-state index in [2.05, 4.69) is 24.0 Å². The lowest BCUT2D eigenvalue weighted by Crippen LogP contribution is -2.01. The van der Waals surface area contributed by atoms with E-state index >= 15 is 0 Å².